The molecule has 1 aliphatic carbocycles. The minimum absolute atomic E-state index is 0.0702. The number of ether oxygens (including phenoxy) is 2. The van der Waals surface area contributed by atoms with E-state index in [1.54, 1.807) is 0 Å². The molecule has 2 aromatic rings. The maximum atomic E-state index is 13.1. The number of amides is 2. The maximum Gasteiger partial charge on any atom is 0.407 e. The highest BCUT2D eigenvalue weighted by atomic mass is 16.5. The fourth-order valence-corrected chi connectivity index (χ4v) is 4.33. The first-order valence-electron chi connectivity index (χ1n) is 11.4. The number of carbonyl (C=O) groups is 3. The molecular weight excluding hydrogens is 436 g/mol. The zero-order valence-corrected chi connectivity index (χ0v) is 19.8. The van der Waals surface area contributed by atoms with Crippen molar-refractivity contribution >= 4 is 18.0 Å². The number of carbonyl (C=O) groups excluding carboxylic acids is 2. The summed E-state index contributed by atoms with van der Waals surface area (Å²) >= 11 is 0. The molecule has 0 heterocycles. The Morgan fingerprint density at radius 3 is 2.15 bits per heavy atom. The van der Waals surface area contributed by atoms with Crippen molar-refractivity contribution in [2.75, 3.05) is 33.4 Å². The number of nitrogens with zero attached hydrogens (tertiary/aromatic N) is 1. The van der Waals surface area contributed by atoms with Crippen molar-refractivity contribution in [3.05, 3.63) is 59.7 Å². The average molecular weight is 469 g/mol. The quantitative estimate of drug-likeness (QED) is 0.523. The first kappa shape index (κ1) is 25.2. The summed E-state index contributed by atoms with van der Waals surface area (Å²) in [5.74, 6) is -1.61. The van der Waals surface area contributed by atoms with E-state index in [-0.39, 0.29) is 38.0 Å². The second-order valence-electron chi connectivity index (χ2n) is 8.81. The van der Waals surface area contributed by atoms with Crippen molar-refractivity contribution in [1.82, 2.24) is 10.2 Å². The molecule has 0 spiro atoms. The van der Waals surface area contributed by atoms with Crippen LogP contribution in [0.4, 0.5) is 4.79 Å². The van der Waals surface area contributed by atoms with Crippen LogP contribution in [0.5, 0.6) is 0 Å². The van der Waals surface area contributed by atoms with Crippen molar-refractivity contribution in [1.29, 1.82) is 0 Å². The fourth-order valence-electron chi connectivity index (χ4n) is 4.33. The van der Waals surface area contributed by atoms with E-state index in [2.05, 4.69) is 17.4 Å². The Bertz CT molecular complexity index is 976. The second-order valence-corrected chi connectivity index (χ2v) is 8.81. The molecule has 0 radical (unpaired) electrons. The molecule has 8 heteroatoms. The predicted octanol–water partition coefficient (Wildman–Crippen LogP) is 3.50. The largest absolute Gasteiger partial charge is 0.480 e. The number of hydrogen-bond acceptors (Lipinski definition) is 5. The zero-order valence-electron chi connectivity index (χ0n) is 19.8. The highest BCUT2D eigenvalue weighted by molar-refractivity contribution is 5.88. The lowest BCUT2D eigenvalue weighted by Crippen LogP contribution is -2.51. The summed E-state index contributed by atoms with van der Waals surface area (Å²) in [5.41, 5.74) is 4.43. The topological polar surface area (TPSA) is 105 Å². The van der Waals surface area contributed by atoms with Gasteiger partial charge in [-0.25, -0.2) is 4.79 Å². The molecule has 182 valence electrons. The summed E-state index contributed by atoms with van der Waals surface area (Å²) in [4.78, 5) is 38.3. The number of carboxylic acid groups (broad SMARTS) is 1. The number of alkyl carbamates (subject to hydrolysis) is 1. The number of benzene rings is 2. The van der Waals surface area contributed by atoms with Crippen LogP contribution in [0.2, 0.25) is 0 Å². The highest BCUT2D eigenvalue weighted by Gasteiger charge is 2.31. The molecule has 0 saturated heterocycles. The minimum atomic E-state index is -1.11. The molecule has 34 heavy (non-hydrogen) atoms. The van der Waals surface area contributed by atoms with Crippen molar-refractivity contribution in [2.24, 2.45) is 5.92 Å². The van der Waals surface area contributed by atoms with Crippen LogP contribution in [0.3, 0.4) is 0 Å². The van der Waals surface area contributed by atoms with E-state index in [0.29, 0.717) is 0 Å². The van der Waals surface area contributed by atoms with Crippen molar-refractivity contribution in [2.45, 2.75) is 32.2 Å². The Morgan fingerprint density at radius 1 is 1.03 bits per heavy atom. The molecule has 3 rings (SSSR count). The van der Waals surface area contributed by atoms with Crippen molar-refractivity contribution in [3.8, 4) is 11.1 Å². The molecule has 0 bridgehead atoms. The number of nitrogens with one attached hydrogen (secondary N) is 1. The molecule has 2 N–H and O–H groups in total. The second kappa shape index (κ2) is 11.7. The van der Waals surface area contributed by atoms with Gasteiger partial charge in [0.15, 0.2) is 0 Å². The van der Waals surface area contributed by atoms with E-state index in [4.69, 9.17) is 9.47 Å². The Hall–Kier alpha value is -3.39. The van der Waals surface area contributed by atoms with Gasteiger partial charge in [0.05, 0.1) is 0 Å². The molecule has 0 aliphatic heterocycles. The lowest BCUT2D eigenvalue weighted by molar-refractivity contribution is -0.145. The van der Waals surface area contributed by atoms with Gasteiger partial charge in [-0.15, -0.1) is 0 Å². The lowest BCUT2D eigenvalue weighted by Gasteiger charge is -2.28. The van der Waals surface area contributed by atoms with Crippen LogP contribution in [0.25, 0.3) is 11.1 Å². The van der Waals surface area contributed by atoms with Crippen LogP contribution in [0.15, 0.2) is 48.5 Å². The van der Waals surface area contributed by atoms with Gasteiger partial charge in [-0.3, -0.25) is 9.59 Å². The summed E-state index contributed by atoms with van der Waals surface area (Å²) in [6, 6.07) is 15.1. The minimum Gasteiger partial charge on any atom is -0.480 e. The van der Waals surface area contributed by atoms with Crippen LogP contribution in [-0.2, 0) is 19.1 Å². The monoisotopic (exact) mass is 468 g/mol. The predicted molar refractivity (Wildman–Crippen MR) is 128 cm³/mol. The lowest BCUT2D eigenvalue weighted by atomic mass is 9.98. The first-order chi connectivity index (χ1) is 16.3. The number of carboxylic acids is 1. The van der Waals surface area contributed by atoms with Crippen molar-refractivity contribution < 1.29 is 29.0 Å². The first-order valence-corrected chi connectivity index (χ1v) is 11.4. The molecule has 1 aliphatic rings. The van der Waals surface area contributed by atoms with E-state index in [9.17, 15) is 19.5 Å². The number of hydrogen-bond donors (Lipinski definition) is 2. The molecule has 2 amide bonds. The molecule has 1 atom stereocenters. The standard InChI is InChI=1S/C26H32N2O6/c1-17(2)14-28(15-24(29)30)25(31)23(12-13-33-3)27-26(32)34-16-22-20-10-6-4-8-18(20)19-9-5-7-11-21(19)22/h4-11,17,22-23H,12-16H2,1-3H3,(H,27,32)(H,29,30). The van der Waals surface area contributed by atoms with Gasteiger partial charge in [0.25, 0.3) is 0 Å². The van der Waals surface area contributed by atoms with E-state index in [0.717, 1.165) is 22.3 Å². The van der Waals surface area contributed by atoms with Gasteiger partial charge in [-0.1, -0.05) is 62.4 Å². The summed E-state index contributed by atoms with van der Waals surface area (Å²) in [6.45, 7) is 3.96. The number of rotatable bonds is 11. The average Bonchev–Trinajstić information content (AvgIpc) is 3.12. The van der Waals surface area contributed by atoms with Gasteiger partial charge in [-0.2, -0.15) is 0 Å². The van der Waals surface area contributed by atoms with E-state index < -0.39 is 30.6 Å². The van der Waals surface area contributed by atoms with Gasteiger partial charge < -0.3 is 24.8 Å². The van der Waals surface area contributed by atoms with Crippen LogP contribution >= 0.6 is 0 Å². The zero-order chi connectivity index (χ0) is 24.7. The molecule has 0 saturated carbocycles. The van der Waals surface area contributed by atoms with Crippen LogP contribution < -0.4 is 5.32 Å². The molecular formula is C26H32N2O6. The third-order valence-electron chi connectivity index (χ3n) is 5.77. The number of aliphatic carboxylic acids is 1. The van der Waals surface area contributed by atoms with E-state index in [1.165, 1.54) is 12.0 Å². The summed E-state index contributed by atoms with van der Waals surface area (Å²) < 4.78 is 10.7. The van der Waals surface area contributed by atoms with Gasteiger partial charge in [0, 0.05) is 32.6 Å². The Kier molecular flexibility index (Phi) is 8.65. The number of methoxy groups -OCH3 is 1. The van der Waals surface area contributed by atoms with Gasteiger partial charge in [-0.05, 0) is 28.2 Å². The molecule has 2 aromatic carbocycles. The fraction of sp³-hybridized carbons (Fsp3) is 0.423. The molecule has 8 nitrogen and oxygen atoms in total. The van der Waals surface area contributed by atoms with Gasteiger partial charge in [0.1, 0.15) is 19.2 Å². The Balaban J connectivity index is 1.69. The highest BCUT2D eigenvalue weighted by Crippen LogP contribution is 2.44. The SMILES string of the molecule is COCCC(NC(=O)OCC1c2ccccc2-c2ccccc21)C(=O)N(CC(=O)O)CC(C)C. The Labute approximate surface area is 199 Å². The summed E-state index contributed by atoms with van der Waals surface area (Å²) in [5, 5.41) is 11.8. The van der Waals surface area contributed by atoms with Gasteiger partial charge >= 0.3 is 12.1 Å². The third kappa shape index (κ3) is 6.14. The van der Waals surface area contributed by atoms with Crippen LogP contribution in [0, 0.1) is 5.92 Å². The smallest absolute Gasteiger partial charge is 0.407 e. The molecule has 0 fully saturated rings. The van der Waals surface area contributed by atoms with Crippen molar-refractivity contribution in [3.63, 3.8) is 0 Å². The van der Waals surface area contributed by atoms with E-state index in [1.807, 2.05) is 50.2 Å². The molecule has 0 aromatic heterocycles. The van der Waals surface area contributed by atoms with Crippen LogP contribution in [-0.4, -0.2) is 67.4 Å². The normalized spacial score (nSPS) is 13.2. The maximum absolute atomic E-state index is 13.1. The Morgan fingerprint density at radius 2 is 1.62 bits per heavy atom. The summed E-state index contributed by atoms with van der Waals surface area (Å²) in [6.07, 6.45) is -0.524. The molecule has 1 unspecified atom stereocenters. The van der Waals surface area contributed by atoms with E-state index >= 15 is 0 Å². The summed E-state index contributed by atoms with van der Waals surface area (Å²) in [7, 11) is 1.50. The number of fused-ring (bicyclic) bond motifs is 3. The van der Waals surface area contributed by atoms with Gasteiger partial charge in [0.2, 0.25) is 5.91 Å². The third-order valence-corrected chi connectivity index (χ3v) is 5.77. The van der Waals surface area contributed by atoms with Crippen LogP contribution in [0.1, 0.15) is 37.3 Å².